The van der Waals surface area contributed by atoms with Crippen LogP contribution in [-0.2, 0) is 0 Å². The zero-order valence-corrected chi connectivity index (χ0v) is 9.48. The fourth-order valence-corrected chi connectivity index (χ4v) is 2.54. The molecule has 0 aliphatic rings. The number of aromatic nitrogens is 2. The number of benzene rings is 1. The largest absolute Gasteiger partial charge is 0.508 e. The second-order valence-electron chi connectivity index (χ2n) is 3.60. The molecule has 3 aromatic rings. The summed E-state index contributed by atoms with van der Waals surface area (Å²) in [7, 11) is 0. The monoisotopic (exact) mass is 244 g/mol. The first-order valence-electron chi connectivity index (χ1n) is 4.96. The number of hydrogen-bond donors (Lipinski definition) is 2. The first-order valence-corrected chi connectivity index (χ1v) is 5.78. The van der Waals surface area contributed by atoms with Gasteiger partial charge in [-0.05, 0) is 18.2 Å². The van der Waals surface area contributed by atoms with Crippen LogP contribution in [0.1, 0.15) is 0 Å². The third-order valence-electron chi connectivity index (χ3n) is 2.34. The molecular weight excluding hydrogens is 236 g/mol. The average Bonchev–Trinajstić information content (AvgIpc) is 2.71. The van der Waals surface area contributed by atoms with Crippen LogP contribution in [0.15, 0.2) is 36.7 Å². The lowest BCUT2D eigenvalue weighted by Crippen LogP contribution is -1.76. The fourth-order valence-electron chi connectivity index (χ4n) is 1.62. The Morgan fingerprint density at radius 2 is 1.82 bits per heavy atom. The summed E-state index contributed by atoms with van der Waals surface area (Å²) in [4.78, 5) is 8.40. The van der Waals surface area contributed by atoms with E-state index >= 15 is 0 Å². The molecule has 0 saturated carbocycles. The second-order valence-corrected chi connectivity index (χ2v) is 4.63. The molecule has 0 radical (unpaired) electrons. The molecule has 84 valence electrons. The van der Waals surface area contributed by atoms with Gasteiger partial charge in [0.05, 0.1) is 10.9 Å². The molecule has 0 saturated heterocycles. The number of phenols is 2. The van der Waals surface area contributed by atoms with Crippen LogP contribution in [0.2, 0.25) is 0 Å². The second kappa shape index (κ2) is 3.71. The van der Waals surface area contributed by atoms with Crippen molar-refractivity contribution in [1.82, 2.24) is 9.97 Å². The van der Waals surface area contributed by atoms with E-state index < -0.39 is 0 Å². The lowest BCUT2D eigenvalue weighted by atomic mass is 10.2. The van der Waals surface area contributed by atoms with Crippen molar-refractivity contribution in [1.29, 1.82) is 0 Å². The number of thiazole rings is 1. The summed E-state index contributed by atoms with van der Waals surface area (Å²) < 4.78 is 1.03. The minimum Gasteiger partial charge on any atom is -0.508 e. The van der Waals surface area contributed by atoms with Crippen molar-refractivity contribution in [3.05, 3.63) is 36.7 Å². The normalized spacial score (nSPS) is 10.8. The number of pyridine rings is 1. The van der Waals surface area contributed by atoms with Crippen molar-refractivity contribution >= 4 is 21.6 Å². The highest BCUT2D eigenvalue weighted by Crippen LogP contribution is 2.33. The molecule has 0 fully saturated rings. The van der Waals surface area contributed by atoms with Crippen molar-refractivity contribution in [2.45, 2.75) is 0 Å². The molecule has 0 aliphatic carbocycles. The van der Waals surface area contributed by atoms with Crippen molar-refractivity contribution in [2.75, 3.05) is 0 Å². The SMILES string of the molecule is Oc1cc(O)cc(-c2nc3cnccc3s2)c1. The summed E-state index contributed by atoms with van der Waals surface area (Å²) >= 11 is 1.49. The summed E-state index contributed by atoms with van der Waals surface area (Å²) in [6.45, 7) is 0. The molecule has 0 amide bonds. The maximum absolute atomic E-state index is 9.43. The predicted octanol–water partition coefficient (Wildman–Crippen LogP) is 2.77. The zero-order chi connectivity index (χ0) is 11.8. The Morgan fingerprint density at radius 1 is 1.06 bits per heavy atom. The number of hydrogen-bond acceptors (Lipinski definition) is 5. The Morgan fingerprint density at radius 3 is 2.53 bits per heavy atom. The Balaban J connectivity index is 2.20. The standard InChI is InChI=1S/C12H8N2O2S/c15-8-3-7(4-9(16)5-8)12-14-10-6-13-2-1-11(10)17-12/h1-6,15-16H. The minimum absolute atomic E-state index is 0.0254. The lowest BCUT2D eigenvalue weighted by Gasteiger charge is -1.99. The predicted molar refractivity (Wildman–Crippen MR) is 66.2 cm³/mol. The Labute approximate surface area is 101 Å². The third-order valence-corrected chi connectivity index (χ3v) is 3.42. The smallest absolute Gasteiger partial charge is 0.124 e. The zero-order valence-electron chi connectivity index (χ0n) is 8.66. The van der Waals surface area contributed by atoms with E-state index in [1.54, 1.807) is 24.5 Å². The van der Waals surface area contributed by atoms with Crippen LogP contribution in [0, 0.1) is 0 Å². The van der Waals surface area contributed by atoms with Gasteiger partial charge in [0.1, 0.15) is 22.0 Å². The van der Waals surface area contributed by atoms with Crippen LogP contribution in [0.3, 0.4) is 0 Å². The van der Waals surface area contributed by atoms with Crippen LogP contribution in [0.4, 0.5) is 0 Å². The highest BCUT2D eigenvalue weighted by molar-refractivity contribution is 7.21. The van der Waals surface area contributed by atoms with Gasteiger partial charge in [-0.1, -0.05) is 0 Å². The maximum atomic E-state index is 9.43. The van der Waals surface area contributed by atoms with Crippen molar-refractivity contribution < 1.29 is 10.2 Å². The highest BCUT2D eigenvalue weighted by atomic mass is 32.1. The molecule has 2 aromatic heterocycles. The van der Waals surface area contributed by atoms with E-state index in [1.807, 2.05) is 6.07 Å². The van der Waals surface area contributed by atoms with E-state index in [-0.39, 0.29) is 11.5 Å². The number of rotatable bonds is 1. The molecule has 0 atom stereocenters. The molecule has 17 heavy (non-hydrogen) atoms. The summed E-state index contributed by atoms with van der Waals surface area (Å²) in [5.41, 5.74) is 1.51. The first-order chi connectivity index (χ1) is 8.22. The van der Waals surface area contributed by atoms with Gasteiger partial charge in [-0.2, -0.15) is 0 Å². The summed E-state index contributed by atoms with van der Waals surface area (Å²) in [5.74, 6) is 0.0507. The molecule has 4 nitrogen and oxygen atoms in total. The van der Waals surface area contributed by atoms with E-state index in [2.05, 4.69) is 9.97 Å². The molecule has 5 heteroatoms. The minimum atomic E-state index is 0.0254. The third kappa shape index (κ3) is 1.81. The first kappa shape index (κ1) is 10.0. The number of fused-ring (bicyclic) bond motifs is 1. The van der Waals surface area contributed by atoms with E-state index in [1.165, 1.54) is 17.4 Å². The van der Waals surface area contributed by atoms with Gasteiger partial charge in [-0.3, -0.25) is 4.98 Å². The molecular formula is C12H8N2O2S. The van der Waals surface area contributed by atoms with Crippen molar-refractivity contribution in [3.63, 3.8) is 0 Å². The van der Waals surface area contributed by atoms with E-state index in [0.29, 0.717) is 5.56 Å². The van der Waals surface area contributed by atoms with Crippen LogP contribution >= 0.6 is 11.3 Å². The Bertz CT molecular complexity index is 641. The molecule has 0 aliphatic heterocycles. The van der Waals surface area contributed by atoms with E-state index in [9.17, 15) is 10.2 Å². The van der Waals surface area contributed by atoms with Crippen LogP contribution < -0.4 is 0 Å². The van der Waals surface area contributed by atoms with Crippen molar-refractivity contribution in [2.24, 2.45) is 0 Å². The average molecular weight is 244 g/mol. The van der Waals surface area contributed by atoms with Gasteiger partial charge in [0.15, 0.2) is 0 Å². The Kier molecular flexibility index (Phi) is 2.19. The van der Waals surface area contributed by atoms with Gasteiger partial charge >= 0.3 is 0 Å². The van der Waals surface area contributed by atoms with E-state index in [0.717, 1.165) is 15.2 Å². The van der Waals surface area contributed by atoms with Gasteiger partial charge < -0.3 is 10.2 Å². The van der Waals surface area contributed by atoms with Crippen LogP contribution in [0.25, 0.3) is 20.8 Å². The summed E-state index contributed by atoms with van der Waals surface area (Å²) in [5, 5.41) is 19.6. The summed E-state index contributed by atoms with van der Waals surface area (Å²) in [6.07, 6.45) is 3.40. The van der Waals surface area contributed by atoms with Gasteiger partial charge in [0, 0.05) is 17.8 Å². The molecule has 0 bridgehead atoms. The van der Waals surface area contributed by atoms with Gasteiger partial charge in [-0.15, -0.1) is 11.3 Å². The van der Waals surface area contributed by atoms with Gasteiger partial charge in [0.2, 0.25) is 0 Å². The molecule has 1 aromatic carbocycles. The quantitative estimate of drug-likeness (QED) is 0.690. The lowest BCUT2D eigenvalue weighted by molar-refractivity contribution is 0.451. The molecule has 0 spiro atoms. The molecule has 2 heterocycles. The van der Waals surface area contributed by atoms with Gasteiger partial charge in [0.25, 0.3) is 0 Å². The van der Waals surface area contributed by atoms with Crippen LogP contribution in [0.5, 0.6) is 11.5 Å². The number of phenolic OH excluding ortho intramolecular Hbond substituents is 2. The van der Waals surface area contributed by atoms with Gasteiger partial charge in [-0.25, -0.2) is 4.98 Å². The highest BCUT2D eigenvalue weighted by Gasteiger charge is 2.08. The maximum Gasteiger partial charge on any atom is 0.124 e. The van der Waals surface area contributed by atoms with E-state index in [4.69, 9.17) is 0 Å². The number of nitrogens with zero attached hydrogens (tertiary/aromatic N) is 2. The summed E-state index contributed by atoms with van der Waals surface area (Å²) in [6, 6.07) is 6.33. The molecule has 3 rings (SSSR count). The van der Waals surface area contributed by atoms with Crippen LogP contribution in [-0.4, -0.2) is 20.2 Å². The fraction of sp³-hybridized carbons (Fsp3) is 0. The molecule has 2 N–H and O–H groups in total. The number of aromatic hydroxyl groups is 2. The molecule has 0 unspecified atom stereocenters. The Hall–Kier alpha value is -2.14. The topological polar surface area (TPSA) is 66.2 Å². The van der Waals surface area contributed by atoms with Crippen molar-refractivity contribution in [3.8, 4) is 22.1 Å².